The van der Waals surface area contributed by atoms with Crippen LogP contribution in [0.25, 0.3) is 0 Å². The van der Waals surface area contributed by atoms with Crippen LogP contribution in [0.3, 0.4) is 0 Å². The Bertz CT molecular complexity index is 599. The van der Waals surface area contributed by atoms with Crippen molar-refractivity contribution in [1.29, 1.82) is 0 Å². The Labute approximate surface area is 108 Å². The van der Waals surface area contributed by atoms with Gasteiger partial charge in [0.1, 0.15) is 23.0 Å². The highest BCUT2D eigenvalue weighted by Crippen LogP contribution is 2.10. The maximum absolute atomic E-state index is 11.7. The number of carbonyl (C=O) groups is 1. The maximum Gasteiger partial charge on any atom is 0.268 e. The Morgan fingerprint density at radius 3 is 3.11 bits per heavy atom. The molecular weight excluding hydrogens is 250 g/mol. The molecule has 0 aliphatic carbocycles. The summed E-state index contributed by atoms with van der Waals surface area (Å²) in [5.74, 6) is 5.33. The Balaban J connectivity index is 2.12. The Morgan fingerprint density at radius 2 is 2.39 bits per heavy atom. The van der Waals surface area contributed by atoms with Crippen LogP contribution in [0.15, 0.2) is 29.9 Å². The van der Waals surface area contributed by atoms with E-state index in [0.717, 1.165) is 0 Å². The molecule has 0 radical (unpaired) electrons. The van der Waals surface area contributed by atoms with Gasteiger partial charge < -0.3 is 10.4 Å². The molecule has 0 fully saturated rings. The first-order valence-electron chi connectivity index (χ1n) is 5.06. The second kappa shape index (κ2) is 5.91. The predicted octanol–water partition coefficient (Wildman–Crippen LogP) is 1.13. The van der Waals surface area contributed by atoms with Gasteiger partial charge in [0.05, 0.1) is 11.7 Å². The highest BCUT2D eigenvalue weighted by Gasteiger charge is 2.08. The summed E-state index contributed by atoms with van der Waals surface area (Å²) >= 11 is 1.26. The zero-order valence-corrected chi connectivity index (χ0v) is 10.1. The van der Waals surface area contributed by atoms with Crippen LogP contribution in [0.1, 0.15) is 15.4 Å². The Hall–Kier alpha value is -2.23. The molecule has 2 N–H and O–H groups in total. The molecule has 0 unspecified atom stereocenters. The predicted molar refractivity (Wildman–Crippen MR) is 68.3 cm³/mol. The lowest BCUT2D eigenvalue weighted by Crippen LogP contribution is -2.11. The lowest BCUT2D eigenvalue weighted by atomic mass is 10.3. The van der Waals surface area contributed by atoms with Gasteiger partial charge in [-0.3, -0.25) is 9.78 Å². The number of nitrogens with one attached hydrogen (secondary N) is 1. The zero-order valence-electron chi connectivity index (χ0n) is 9.25. The van der Waals surface area contributed by atoms with Crippen LogP contribution in [0.4, 0.5) is 5.82 Å². The standard InChI is InChI=1S/C12H9N3O2S/c16-6-2-4-9-3-1-5-11(14-9)15-12(17)10-7-13-8-18-10/h1,3,5,7-8,16H,6H2,(H,14,15,17). The van der Waals surface area contributed by atoms with E-state index in [9.17, 15) is 4.79 Å². The molecule has 2 aromatic rings. The van der Waals surface area contributed by atoms with Gasteiger partial charge in [0.2, 0.25) is 0 Å². The van der Waals surface area contributed by atoms with Gasteiger partial charge in [0.25, 0.3) is 5.91 Å². The fourth-order valence-corrected chi connectivity index (χ4v) is 1.72. The number of aromatic nitrogens is 2. The molecular formula is C12H9N3O2S. The van der Waals surface area contributed by atoms with E-state index in [1.54, 1.807) is 23.7 Å². The summed E-state index contributed by atoms with van der Waals surface area (Å²) in [4.78, 5) is 20.2. The fraction of sp³-hybridized carbons (Fsp3) is 0.0833. The molecule has 18 heavy (non-hydrogen) atoms. The van der Waals surface area contributed by atoms with Gasteiger partial charge in [0.15, 0.2) is 0 Å². The molecule has 0 aliphatic heterocycles. The number of aliphatic hydroxyl groups is 1. The molecule has 2 heterocycles. The summed E-state index contributed by atoms with van der Waals surface area (Å²) in [5, 5.41) is 11.2. The van der Waals surface area contributed by atoms with Crippen molar-refractivity contribution in [3.63, 3.8) is 0 Å². The second-order valence-electron chi connectivity index (χ2n) is 3.19. The number of hydrogen-bond donors (Lipinski definition) is 2. The minimum absolute atomic E-state index is 0.223. The average molecular weight is 259 g/mol. The normalized spacial score (nSPS) is 9.39. The number of carbonyl (C=O) groups excluding carboxylic acids is 1. The van der Waals surface area contributed by atoms with Gasteiger partial charge in [-0.2, -0.15) is 0 Å². The van der Waals surface area contributed by atoms with Crippen LogP contribution in [0.5, 0.6) is 0 Å². The first kappa shape index (κ1) is 12.2. The molecule has 2 aromatic heterocycles. The van der Waals surface area contributed by atoms with E-state index in [1.807, 2.05) is 0 Å². The van der Waals surface area contributed by atoms with Crippen molar-refractivity contribution in [3.8, 4) is 11.8 Å². The molecule has 5 nitrogen and oxygen atoms in total. The molecule has 90 valence electrons. The van der Waals surface area contributed by atoms with E-state index in [1.165, 1.54) is 17.5 Å². The van der Waals surface area contributed by atoms with Crippen molar-refractivity contribution in [2.75, 3.05) is 11.9 Å². The summed E-state index contributed by atoms with van der Waals surface area (Å²) < 4.78 is 0. The van der Waals surface area contributed by atoms with Crippen molar-refractivity contribution < 1.29 is 9.90 Å². The highest BCUT2D eigenvalue weighted by atomic mass is 32.1. The summed E-state index contributed by atoms with van der Waals surface area (Å²) in [6, 6.07) is 5.10. The third-order valence-electron chi connectivity index (χ3n) is 1.94. The number of hydrogen-bond acceptors (Lipinski definition) is 5. The number of pyridine rings is 1. The van der Waals surface area contributed by atoms with Crippen molar-refractivity contribution in [1.82, 2.24) is 9.97 Å². The van der Waals surface area contributed by atoms with Gasteiger partial charge >= 0.3 is 0 Å². The first-order chi connectivity index (χ1) is 8.79. The van der Waals surface area contributed by atoms with Gasteiger partial charge in [-0.1, -0.05) is 12.0 Å². The second-order valence-corrected chi connectivity index (χ2v) is 4.07. The van der Waals surface area contributed by atoms with Crippen molar-refractivity contribution in [3.05, 3.63) is 40.5 Å². The largest absolute Gasteiger partial charge is 0.384 e. The lowest BCUT2D eigenvalue weighted by Gasteiger charge is -2.02. The van der Waals surface area contributed by atoms with Crippen molar-refractivity contribution >= 4 is 23.1 Å². The number of nitrogens with zero attached hydrogens (tertiary/aromatic N) is 2. The molecule has 0 aliphatic rings. The third-order valence-corrected chi connectivity index (χ3v) is 2.71. The molecule has 6 heteroatoms. The fourth-order valence-electron chi connectivity index (χ4n) is 1.21. The van der Waals surface area contributed by atoms with Crippen LogP contribution in [0, 0.1) is 11.8 Å². The van der Waals surface area contributed by atoms with Crippen LogP contribution in [-0.4, -0.2) is 27.6 Å². The van der Waals surface area contributed by atoms with Gasteiger partial charge in [-0.25, -0.2) is 4.98 Å². The molecule has 0 spiro atoms. The van der Waals surface area contributed by atoms with E-state index in [0.29, 0.717) is 16.4 Å². The van der Waals surface area contributed by atoms with Gasteiger partial charge in [0, 0.05) is 0 Å². The van der Waals surface area contributed by atoms with Gasteiger partial charge in [-0.05, 0) is 18.1 Å². The molecule has 0 saturated heterocycles. The monoisotopic (exact) mass is 259 g/mol. The Morgan fingerprint density at radius 1 is 1.50 bits per heavy atom. The molecule has 0 saturated carbocycles. The average Bonchev–Trinajstić information content (AvgIpc) is 2.91. The molecule has 0 bridgehead atoms. The topological polar surface area (TPSA) is 75.1 Å². The summed E-state index contributed by atoms with van der Waals surface area (Å²) in [6.07, 6.45) is 1.50. The van der Waals surface area contributed by atoms with E-state index >= 15 is 0 Å². The van der Waals surface area contributed by atoms with Crippen LogP contribution in [-0.2, 0) is 0 Å². The van der Waals surface area contributed by atoms with Crippen molar-refractivity contribution in [2.24, 2.45) is 0 Å². The number of aliphatic hydroxyl groups excluding tert-OH is 1. The number of amides is 1. The molecule has 2 rings (SSSR count). The first-order valence-corrected chi connectivity index (χ1v) is 5.94. The van der Waals surface area contributed by atoms with Crippen molar-refractivity contribution in [2.45, 2.75) is 0 Å². The maximum atomic E-state index is 11.7. The van der Waals surface area contributed by atoms with E-state index in [2.05, 4.69) is 27.1 Å². The minimum Gasteiger partial charge on any atom is -0.384 e. The molecule has 1 amide bonds. The zero-order chi connectivity index (χ0) is 12.8. The third kappa shape index (κ3) is 3.13. The van der Waals surface area contributed by atoms with E-state index in [-0.39, 0.29) is 12.5 Å². The highest BCUT2D eigenvalue weighted by molar-refractivity contribution is 7.11. The summed E-state index contributed by atoms with van der Waals surface area (Å²) in [5.41, 5.74) is 2.08. The van der Waals surface area contributed by atoms with Crippen LogP contribution in [0.2, 0.25) is 0 Å². The molecule has 0 atom stereocenters. The van der Waals surface area contributed by atoms with E-state index in [4.69, 9.17) is 5.11 Å². The number of thiazole rings is 1. The number of anilines is 1. The lowest BCUT2D eigenvalue weighted by molar-refractivity contribution is 0.103. The minimum atomic E-state index is -0.253. The number of rotatable bonds is 2. The smallest absolute Gasteiger partial charge is 0.268 e. The quantitative estimate of drug-likeness (QED) is 0.793. The van der Waals surface area contributed by atoms with Crippen LogP contribution >= 0.6 is 11.3 Å². The van der Waals surface area contributed by atoms with E-state index < -0.39 is 0 Å². The van der Waals surface area contributed by atoms with Crippen LogP contribution < -0.4 is 5.32 Å². The summed E-state index contributed by atoms with van der Waals surface area (Å²) in [6.45, 7) is -0.223. The van der Waals surface area contributed by atoms with Gasteiger partial charge in [-0.15, -0.1) is 11.3 Å². The SMILES string of the molecule is O=C(Nc1cccc(C#CCO)n1)c1cncs1. The summed E-state index contributed by atoms with van der Waals surface area (Å²) in [7, 11) is 0. The Kier molecular flexibility index (Phi) is 4.02. The molecule has 0 aromatic carbocycles.